The van der Waals surface area contributed by atoms with Crippen molar-refractivity contribution in [2.24, 2.45) is 5.73 Å². The predicted octanol–water partition coefficient (Wildman–Crippen LogP) is 2.01. The zero-order chi connectivity index (χ0) is 26.5. The van der Waals surface area contributed by atoms with Crippen LogP contribution in [0.4, 0.5) is 24.7 Å². The second kappa shape index (κ2) is 9.70. The molecule has 4 heterocycles. The van der Waals surface area contributed by atoms with Crippen LogP contribution in [0.5, 0.6) is 0 Å². The number of carbonyl (C=O) groups is 1. The van der Waals surface area contributed by atoms with Crippen molar-refractivity contribution >= 4 is 39.0 Å². The smallest absolute Gasteiger partial charge is 0.354 e. The van der Waals surface area contributed by atoms with E-state index in [9.17, 15) is 26.4 Å². The van der Waals surface area contributed by atoms with Gasteiger partial charge in [-0.05, 0) is 36.4 Å². The number of pyridine rings is 1. The van der Waals surface area contributed by atoms with Crippen LogP contribution in [0.25, 0.3) is 0 Å². The summed E-state index contributed by atoms with van der Waals surface area (Å²) in [6.07, 6.45) is -4.16. The first kappa shape index (κ1) is 26.2. The van der Waals surface area contributed by atoms with Gasteiger partial charge in [-0.3, -0.25) is 9.69 Å². The van der Waals surface area contributed by atoms with Crippen LogP contribution < -0.4 is 15.5 Å². The lowest BCUT2D eigenvalue weighted by molar-refractivity contribution is -0.137. The second-order valence-electron chi connectivity index (χ2n) is 9.50. The molecule has 2 N–H and O–H groups in total. The normalized spacial score (nSPS) is 22.5. The molecule has 37 heavy (non-hydrogen) atoms. The number of nitrogens with two attached hydrogens (primary N) is 1. The molecule has 1 aromatic carbocycles. The minimum absolute atomic E-state index is 0.0134. The molecule has 3 aliphatic rings. The Bertz CT molecular complexity index is 1280. The minimum atomic E-state index is -4.57. The maximum atomic E-state index is 13.2. The van der Waals surface area contributed by atoms with Crippen LogP contribution in [0.1, 0.15) is 12.0 Å². The SMILES string of the molecule is NC1CN(C2CC(=O)N(c3ccc(S(=O)(=O)N4CCN(c5cc(C(F)(F)F)cc(Cl)n5)CC4)cc3)C2)C1. The predicted molar refractivity (Wildman–Crippen MR) is 132 cm³/mol. The van der Waals surface area contributed by atoms with Gasteiger partial charge in [-0.1, -0.05) is 11.6 Å². The molecule has 14 heteroatoms. The van der Waals surface area contributed by atoms with Crippen LogP contribution in [-0.4, -0.2) is 86.4 Å². The number of amides is 1. The average molecular weight is 559 g/mol. The van der Waals surface area contributed by atoms with Crippen LogP contribution in [0, 0.1) is 0 Å². The summed E-state index contributed by atoms with van der Waals surface area (Å²) < 4.78 is 67.1. The summed E-state index contributed by atoms with van der Waals surface area (Å²) in [5.41, 5.74) is 5.57. The number of likely N-dealkylation sites (tertiary alicyclic amines) is 1. The van der Waals surface area contributed by atoms with Gasteiger partial charge in [0.15, 0.2) is 0 Å². The van der Waals surface area contributed by atoms with E-state index in [-0.39, 0.29) is 60.0 Å². The van der Waals surface area contributed by atoms with Crippen molar-refractivity contribution < 1.29 is 26.4 Å². The van der Waals surface area contributed by atoms with Crippen molar-refractivity contribution in [3.63, 3.8) is 0 Å². The number of hydrogen-bond acceptors (Lipinski definition) is 7. The van der Waals surface area contributed by atoms with Gasteiger partial charge in [0.1, 0.15) is 11.0 Å². The zero-order valence-corrected chi connectivity index (χ0v) is 21.3. The highest BCUT2D eigenvalue weighted by Crippen LogP contribution is 2.33. The van der Waals surface area contributed by atoms with Gasteiger partial charge in [0.05, 0.1) is 10.5 Å². The molecule has 9 nitrogen and oxygen atoms in total. The molecule has 0 bridgehead atoms. The molecule has 0 saturated carbocycles. The van der Waals surface area contributed by atoms with E-state index < -0.39 is 21.8 Å². The standard InChI is InChI=1S/C23H26ClF3N6O3S/c24-20-9-15(23(25,26)27)10-21(29-20)30-5-7-32(8-6-30)37(35,36)19-3-1-17(2-4-19)33-14-18(11-22(33)34)31-12-16(28)13-31/h1-4,9-10,16,18H,5-8,11-14,28H2. The van der Waals surface area contributed by atoms with Crippen LogP contribution in [0.3, 0.4) is 0 Å². The van der Waals surface area contributed by atoms with E-state index in [2.05, 4.69) is 9.88 Å². The maximum Gasteiger partial charge on any atom is 0.416 e. The molecule has 3 aliphatic heterocycles. The quantitative estimate of drug-likeness (QED) is 0.560. The van der Waals surface area contributed by atoms with Crippen molar-refractivity contribution in [3.8, 4) is 0 Å². The number of piperazine rings is 1. The summed E-state index contributed by atoms with van der Waals surface area (Å²) in [6.45, 7) is 2.54. The second-order valence-corrected chi connectivity index (χ2v) is 11.8. The van der Waals surface area contributed by atoms with Gasteiger partial charge >= 0.3 is 6.18 Å². The molecular weight excluding hydrogens is 533 g/mol. The largest absolute Gasteiger partial charge is 0.416 e. The van der Waals surface area contributed by atoms with E-state index in [4.69, 9.17) is 17.3 Å². The first-order valence-electron chi connectivity index (χ1n) is 11.8. The summed E-state index contributed by atoms with van der Waals surface area (Å²) in [5, 5.41) is -0.281. The molecule has 3 fully saturated rings. The molecule has 0 aliphatic carbocycles. The Morgan fingerprint density at radius 2 is 1.65 bits per heavy atom. The van der Waals surface area contributed by atoms with Crippen LogP contribution in [0.2, 0.25) is 5.15 Å². The summed E-state index contributed by atoms with van der Waals surface area (Å²) in [4.78, 5) is 22.0. The number of anilines is 2. The fourth-order valence-electron chi connectivity index (χ4n) is 4.94. The Morgan fingerprint density at radius 1 is 1.00 bits per heavy atom. The molecule has 3 saturated heterocycles. The fourth-order valence-corrected chi connectivity index (χ4v) is 6.57. The first-order chi connectivity index (χ1) is 17.4. The van der Waals surface area contributed by atoms with Crippen LogP contribution in [-0.2, 0) is 21.0 Å². The van der Waals surface area contributed by atoms with Crippen molar-refractivity contribution in [1.82, 2.24) is 14.2 Å². The van der Waals surface area contributed by atoms with E-state index in [1.165, 1.54) is 16.4 Å². The maximum absolute atomic E-state index is 13.2. The molecule has 5 rings (SSSR count). The van der Waals surface area contributed by atoms with Gasteiger partial charge in [-0.15, -0.1) is 0 Å². The highest BCUT2D eigenvalue weighted by molar-refractivity contribution is 7.89. The van der Waals surface area contributed by atoms with Gasteiger partial charge in [-0.25, -0.2) is 13.4 Å². The average Bonchev–Trinajstić information content (AvgIpc) is 3.22. The zero-order valence-electron chi connectivity index (χ0n) is 19.7. The van der Waals surface area contributed by atoms with Gasteiger partial charge in [0, 0.05) is 70.0 Å². The lowest BCUT2D eigenvalue weighted by atomic mass is 10.1. The highest BCUT2D eigenvalue weighted by Gasteiger charge is 2.39. The molecule has 1 atom stereocenters. The monoisotopic (exact) mass is 558 g/mol. The molecule has 200 valence electrons. The summed E-state index contributed by atoms with van der Waals surface area (Å²) in [7, 11) is -3.83. The highest BCUT2D eigenvalue weighted by atomic mass is 35.5. The number of carbonyl (C=O) groups excluding carboxylic acids is 1. The van der Waals surface area contributed by atoms with Gasteiger partial charge < -0.3 is 15.5 Å². The Balaban J connectivity index is 1.23. The van der Waals surface area contributed by atoms with Crippen LogP contribution in [0.15, 0.2) is 41.3 Å². The van der Waals surface area contributed by atoms with Crippen molar-refractivity contribution in [1.29, 1.82) is 0 Å². The third-order valence-corrected chi connectivity index (χ3v) is 9.12. The minimum Gasteiger partial charge on any atom is -0.354 e. The number of benzene rings is 1. The number of aromatic nitrogens is 1. The number of halogens is 4. The lowest BCUT2D eigenvalue weighted by Gasteiger charge is -2.40. The summed E-state index contributed by atoms with van der Waals surface area (Å²) in [5.74, 6) is 0.0375. The van der Waals surface area contributed by atoms with Crippen molar-refractivity contribution in [3.05, 3.63) is 47.1 Å². The Labute approximate surface area is 217 Å². The number of alkyl halides is 3. The Hall–Kier alpha value is -2.45. The number of hydrogen-bond donors (Lipinski definition) is 1. The lowest BCUT2D eigenvalue weighted by Crippen LogP contribution is -2.59. The molecule has 1 amide bonds. The number of sulfonamides is 1. The van der Waals surface area contributed by atoms with E-state index in [0.29, 0.717) is 18.7 Å². The number of rotatable bonds is 5. The third kappa shape index (κ3) is 5.28. The molecule has 0 radical (unpaired) electrons. The van der Waals surface area contributed by atoms with Crippen molar-refractivity contribution in [2.45, 2.75) is 29.6 Å². The molecule has 0 spiro atoms. The number of nitrogens with zero attached hydrogens (tertiary/aromatic N) is 5. The topological polar surface area (TPSA) is 103 Å². The third-order valence-electron chi connectivity index (χ3n) is 7.02. The van der Waals surface area contributed by atoms with E-state index in [1.54, 1.807) is 21.9 Å². The van der Waals surface area contributed by atoms with Gasteiger partial charge in [0.25, 0.3) is 0 Å². The Kier molecular flexibility index (Phi) is 6.86. The van der Waals surface area contributed by atoms with E-state index >= 15 is 0 Å². The first-order valence-corrected chi connectivity index (χ1v) is 13.6. The van der Waals surface area contributed by atoms with Crippen LogP contribution >= 0.6 is 11.6 Å². The molecule has 1 aromatic heterocycles. The molecule has 2 aromatic rings. The molecule has 1 unspecified atom stereocenters. The Morgan fingerprint density at radius 3 is 2.24 bits per heavy atom. The van der Waals surface area contributed by atoms with Gasteiger partial charge in [-0.2, -0.15) is 17.5 Å². The van der Waals surface area contributed by atoms with Crippen molar-refractivity contribution in [2.75, 3.05) is 55.6 Å². The van der Waals surface area contributed by atoms with E-state index in [0.717, 1.165) is 25.2 Å². The fraction of sp³-hybridized carbons (Fsp3) is 0.478. The van der Waals surface area contributed by atoms with Gasteiger partial charge in [0.2, 0.25) is 15.9 Å². The van der Waals surface area contributed by atoms with E-state index in [1.807, 2.05) is 0 Å². The molecular formula is C23H26ClF3N6O3S. The summed E-state index contributed by atoms with van der Waals surface area (Å²) in [6, 6.07) is 8.12. The summed E-state index contributed by atoms with van der Waals surface area (Å²) >= 11 is 5.79.